The number of imidazole rings is 1. The van der Waals surface area contributed by atoms with Crippen LogP contribution < -0.4 is 5.73 Å². The molecule has 0 aliphatic carbocycles. The minimum atomic E-state index is -0.123. The van der Waals surface area contributed by atoms with Gasteiger partial charge in [0.1, 0.15) is 0 Å². The highest BCUT2D eigenvalue weighted by atomic mass is 16.5. The van der Waals surface area contributed by atoms with Crippen LogP contribution in [0.2, 0.25) is 0 Å². The molecule has 1 aliphatic heterocycles. The van der Waals surface area contributed by atoms with Crippen LogP contribution in [0.3, 0.4) is 0 Å². The third-order valence-electron chi connectivity index (χ3n) is 3.69. The van der Waals surface area contributed by atoms with E-state index in [9.17, 15) is 0 Å². The minimum absolute atomic E-state index is 0.123. The molecule has 0 aromatic carbocycles. The Morgan fingerprint density at radius 1 is 1.58 bits per heavy atom. The number of aryl methyl sites for hydroxylation is 1. The van der Waals surface area contributed by atoms with E-state index in [1.807, 2.05) is 12.5 Å². The molecule has 19 heavy (non-hydrogen) atoms. The number of hydrogen-bond acceptors (Lipinski definition) is 4. The molecule has 1 aromatic heterocycles. The van der Waals surface area contributed by atoms with Crippen molar-refractivity contribution in [2.24, 2.45) is 5.73 Å². The zero-order valence-electron chi connectivity index (χ0n) is 12.5. The van der Waals surface area contributed by atoms with Crippen LogP contribution in [-0.4, -0.2) is 45.8 Å². The standard InChI is InChI=1S/C14H26N4O/c1-5-17-10-16-7-13(17)12(6-15)18-8-11(2)19-14(3,4)9-18/h7,10-12H,5-6,8-9,15H2,1-4H3. The lowest BCUT2D eigenvalue weighted by Crippen LogP contribution is -2.54. The summed E-state index contributed by atoms with van der Waals surface area (Å²) in [6.07, 6.45) is 4.05. The van der Waals surface area contributed by atoms with Crippen LogP contribution in [0.15, 0.2) is 12.5 Å². The van der Waals surface area contributed by atoms with Crippen LogP contribution in [0.4, 0.5) is 0 Å². The highest BCUT2D eigenvalue weighted by Gasteiger charge is 2.35. The summed E-state index contributed by atoms with van der Waals surface area (Å²) in [6, 6.07) is 0.216. The Morgan fingerprint density at radius 2 is 2.32 bits per heavy atom. The van der Waals surface area contributed by atoms with Crippen LogP contribution in [-0.2, 0) is 11.3 Å². The topological polar surface area (TPSA) is 56.3 Å². The molecule has 0 amide bonds. The average Bonchev–Trinajstić information content (AvgIpc) is 2.75. The van der Waals surface area contributed by atoms with E-state index in [0.717, 1.165) is 19.6 Å². The summed E-state index contributed by atoms with van der Waals surface area (Å²) in [7, 11) is 0. The molecule has 0 saturated carbocycles. The highest BCUT2D eigenvalue weighted by Crippen LogP contribution is 2.28. The van der Waals surface area contributed by atoms with Gasteiger partial charge in [-0.2, -0.15) is 0 Å². The molecule has 5 heteroatoms. The monoisotopic (exact) mass is 266 g/mol. The summed E-state index contributed by atoms with van der Waals surface area (Å²) >= 11 is 0. The molecule has 2 atom stereocenters. The molecule has 2 rings (SSSR count). The quantitative estimate of drug-likeness (QED) is 0.895. The first-order valence-electron chi connectivity index (χ1n) is 7.09. The van der Waals surface area contributed by atoms with Gasteiger partial charge in [-0.05, 0) is 27.7 Å². The second-order valence-corrected chi connectivity index (χ2v) is 5.97. The van der Waals surface area contributed by atoms with Gasteiger partial charge in [0.15, 0.2) is 0 Å². The molecular formula is C14H26N4O. The molecule has 1 aliphatic rings. The van der Waals surface area contributed by atoms with Gasteiger partial charge in [-0.3, -0.25) is 4.90 Å². The first-order valence-corrected chi connectivity index (χ1v) is 7.09. The zero-order valence-corrected chi connectivity index (χ0v) is 12.5. The van der Waals surface area contributed by atoms with Crippen LogP contribution in [0.25, 0.3) is 0 Å². The average molecular weight is 266 g/mol. The second-order valence-electron chi connectivity index (χ2n) is 5.97. The Hall–Kier alpha value is -0.910. The Balaban J connectivity index is 2.22. The molecule has 0 radical (unpaired) electrons. The molecule has 2 N–H and O–H groups in total. The van der Waals surface area contributed by atoms with Crippen molar-refractivity contribution in [1.82, 2.24) is 14.5 Å². The summed E-state index contributed by atoms with van der Waals surface area (Å²) in [4.78, 5) is 6.69. The zero-order chi connectivity index (χ0) is 14.0. The maximum Gasteiger partial charge on any atom is 0.0948 e. The van der Waals surface area contributed by atoms with Gasteiger partial charge < -0.3 is 15.0 Å². The van der Waals surface area contributed by atoms with Crippen molar-refractivity contribution in [1.29, 1.82) is 0 Å². The normalized spacial score (nSPS) is 25.4. The Labute approximate surface area is 115 Å². The summed E-state index contributed by atoms with van der Waals surface area (Å²) in [5, 5.41) is 0. The van der Waals surface area contributed by atoms with E-state index in [4.69, 9.17) is 10.5 Å². The molecule has 108 valence electrons. The summed E-state index contributed by atoms with van der Waals surface area (Å²) in [5.41, 5.74) is 7.11. The van der Waals surface area contributed by atoms with Crippen LogP contribution in [0.5, 0.6) is 0 Å². The SMILES string of the molecule is CCn1cncc1C(CN)N1CC(C)OC(C)(C)C1. The van der Waals surface area contributed by atoms with E-state index < -0.39 is 0 Å². The first kappa shape index (κ1) is 14.5. The molecule has 1 aromatic rings. The molecule has 1 saturated heterocycles. The van der Waals surface area contributed by atoms with Gasteiger partial charge in [0.05, 0.1) is 29.8 Å². The number of morpholine rings is 1. The Kier molecular flexibility index (Phi) is 4.28. The van der Waals surface area contributed by atoms with Crippen molar-refractivity contribution in [3.8, 4) is 0 Å². The van der Waals surface area contributed by atoms with Gasteiger partial charge in [-0.25, -0.2) is 4.98 Å². The predicted molar refractivity (Wildman–Crippen MR) is 75.9 cm³/mol. The fourth-order valence-electron chi connectivity index (χ4n) is 3.07. The number of nitrogens with two attached hydrogens (primary N) is 1. The van der Waals surface area contributed by atoms with E-state index in [-0.39, 0.29) is 17.7 Å². The van der Waals surface area contributed by atoms with Gasteiger partial charge >= 0.3 is 0 Å². The van der Waals surface area contributed by atoms with Gasteiger partial charge in [-0.1, -0.05) is 0 Å². The lowest BCUT2D eigenvalue weighted by atomic mass is 10.0. The molecule has 2 unspecified atom stereocenters. The number of ether oxygens (including phenoxy) is 1. The predicted octanol–water partition coefficient (Wildman–Crippen LogP) is 1.40. The number of aromatic nitrogens is 2. The van der Waals surface area contributed by atoms with Gasteiger partial charge in [0.25, 0.3) is 0 Å². The summed E-state index contributed by atoms with van der Waals surface area (Å²) < 4.78 is 8.14. The van der Waals surface area contributed by atoms with E-state index in [2.05, 4.69) is 42.1 Å². The van der Waals surface area contributed by atoms with Crippen molar-refractivity contribution in [2.45, 2.75) is 52.0 Å². The lowest BCUT2D eigenvalue weighted by molar-refractivity contribution is -0.138. The maximum atomic E-state index is 6.03. The molecule has 0 bridgehead atoms. The fourth-order valence-corrected chi connectivity index (χ4v) is 3.07. The third-order valence-corrected chi connectivity index (χ3v) is 3.69. The smallest absolute Gasteiger partial charge is 0.0948 e. The molecule has 5 nitrogen and oxygen atoms in total. The van der Waals surface area contributed by atoms with Crippen molar-refractivity contribution in [3.63, 3.8) is 0 Å². The molecule has 0 spiro atoms. The highest BCUT2D eigenvalue weighted by molar-refractivity contribution is 5.08. The largest absolute Gasteiger partial charge is 0.370 e. The van der Waals surface area contributed by atoms with Crippen molar-refractivity contribution in [2.75, 3.05) is 19.6 Å². The Morgan fingerprint density at radius 3 is 2.89 bits per heavy atom. The van der Waals surface area contributed by atoms with Crippen LogP contribution in [0, 0.1) is 0 Å². The number of nitrogens with zero attached hydrogens (tertiary/aromatic N) is 3. The first-order chi connectivity index (χ1) is 8.96. The Bertz CT molecular complexity index is 415. The maximum absolute atomic E-state index is 6.03. The molecular weight excluding hydrogens is 240 g/mol. The second kappa shape index (κ2) is 5.61. The number of rotatable bonds is 4. The van der Waals surface area contributed by atoms with Crippen LogP contribution in [0.1, 0.15) is 39.4 Å². The van der Waals surface area contributed by atoms with E-state index in [1.54, 1.807) is 0 Å². The molecule has 1 fully saturated rings. The fraction of sp³-hybridized carbons (Fsp3) is 0.786. The van der Waals surface area contributed by atoms with Gasteiger partial charge in [0.2, 0.25) is 0 Å². The van der Waals surface area contributed by atoms with Gasteiger partial charge in [0, 0.05) is 32.4 Å². The summed E-state index contributed by atoms with van der Waals surface area (Å²) in [6.45, 7) is 11.9. The van der Waals surface area contributed by atoms with E-state index in [0.29, 0.717) is 6.54 Å². The lowest BCUT2D eigenvalue weighted by Gasteiger charge is -2.45. The van der Waals surface area contributed by atoms with Crippen LogP contribution >= 0.6 is 0 Å². The van der Waals surface area contributed by atoms with E-state index >= 15 is 0 Å². The van der Waals surface area contributed by atoms with Crippen molar-refractivity contribution < 1.29 is 4.74 Å². The minimum Gasteiger partial charge on any atom is -0.370 e. The summed E-state index contributed by atoms with van der Waals surface area (Å²) in [5.74, 6) is 0. The van der Waals surface area contributed by atoms with Gasteiger partial charge in [-0.15, -0.1) is 0 Å². The third kappa shape index (κ3) is 3.16. The molecule has 2 heterocycles. The van der Waals surface area contributed by atoms with Crippen molar-refractivity contribution in [3.05, 3.63) is 18.2 Å². The number of hydrogen-bond donors (Lipinski definition) is 1. The van der Waals surface area contributed by atoms with Crippen molar-refractivity contribution >= 4 is 0 Å². The van der Waals surface area contributed by atoms with E-state index in [1.165, 1.54) is 5.69 Å².